The molecule has 2 rings (SSSR count). The fourth-order valence-electron chi connectivity index (χ4n) is 3.73. The molecule has 7 nitrogen and oxygen atoms in total. The summed E-state index contributed by atoms with van der Waals surface area (Å²) >= 11 is 0. The average Bonchev–Trinajstić information content (AvgIpc) is 2.80. The Morgan fingerprint density at radius 2 is 1.63 bits per heavy atom. The van der Waals surface area contributed by atoms with Crippen LogP contribution in [0.25, 0.3) is 0 Å². The van der Waals surface area contributed by atoms with E-state index in [-0.39, 0.29) is 30.8 Å². The molecule has 0 saturated heterocycles. The summed E-state index contributed by atoms with van der Waals surface area (Å²) in [7, 11) is -3.51. The SMILES string of the molecule is CC[C@@H](C)NC(=O)[C@@H](C)N(Cc1ccccc1C)C(=O)CCCN(c1ccc(C)cc1)S(C)(=O)=O. The molecule has 0 aromatic heterocycles. The molecule has 0 aliphatic rings. The zero-order valence-corrected chi connectivity index (χ0v) is 22.6. The predicted molar refractivity (Wildman–Crippen MR) is 142 cm³/mol. The average molecular weight is 502 g/mol. The summed E-state index contributed by atoms with van der Waals surface area (Å²) in [6.07, 6.45) is 2.43. The van der Waals surface area contributed by atoms with E-state index in [1.54, 1.807) is 24.0 Å². The predicted octanol–water partition coefficient (Wildman–Crippen LogP) is 4.18. The lowest BCUT2D eigenvalue weighted by Crippen LogP contribution is -2.49. The van der Waals surface area contributed by atoms with Gasteiger partial charge in [0.2, 0.25) is 21.8 Å². The van der Waals surface area contributed by atoms with Crippen molar-refractivity contribution in [2.75, 3.05) is 17.1 Å². The number of carbonyl (C=O) groups excluding carboxylic acids is 2. The van der Waals surface area contributed by atoms with Gasteiger partial charge in [0.05, 0.1) is 11.9 Å². The zero-order valence-electron chi connectivity index (χ0n) is 21.7. The summed E-state index contributed by atoms with van der Waals surface area (Å²) in [5, 5.41) is 2.96. The van der Waals surface area contributed by atoms with Gasteiger partial charge in [0.25, 0.3) is 0 Å². The third kappa shape index (κ3) is 8.38. The molecule has 0 unspecified atom stereocenters. The fraction of sp³-hybridized carbons (Fsp3) is 0.481. The number of amides is 2. The van der Waals surface area contributed by atoms with Gasteiger partial charge >= 0.3 is 0 Å². The number of benzene rings is 2. The first-order chi connectivity index (χ1) is 16.4. The fourth-order valence-corrected chi connectivity index (χ4v) is 4.70. The Labute approximate surface area is 210 Å². The van der Waals surface area contributed by atoms with E-state index in [2.05, 4.69) is 5.32 Å². The Hall–Kier alpha value is -2.87. The normalized spacial score (nSPS) is 13.1. The number of carbonyl (C=O) groups is 2. The van der Waals surface area contributed by atoms with Crippen molar-refractivity contribution in [1.29, 1.82) is 0 Å². The summed E-state index contributed by atoms with van der Waals surface area (Å²) in [6.45, 7) is 10.1. The number of nitrogens with one attached hydrogen (secondary N) is 1. The first-order valence-corrected chi connectivity index (χ1v) is 14.0. The molecule has 192 valence electrons. The standard InChI is InChI=1S/C27H39N3O4S/c1-7-22(4)28-27(32)23(5)29(19-24-12-9-8-11-21(24)3)26(31)13-10-18-30(35(6,33)34)25-16-14-20(2)15-17-25/h8-9,11-12,14-17,22-23H,7,10,13,18-19H2,1-6H3,(H,28,32)/t22-,23-/m1/s1. The quantitative estimate of drug-likeness (QED) is 0.473. The number of anilines is 1. The Morgan fingerprint density at radius 3 is 2.20 bits per heavy atom. The lowest BCUT2D eigenvalue weighted by molar-refractivity contribution is -0.140. The number of hydrogen-bond donors (Lipinski definition) is 1. The van der Waals surface area contributed by atoms with Gasteiger partial charge in [0, 0.05) is 25.6 Å². The molecule has 2 aromatic rings. The van der Waals surface area contributed by atoms with Crippen molar-refractivity contribution in [2.45, 2.75) is 72.5 Å². The van der Waals surface area contributed by atoms with Crippen molar-refractivity contribution < 1.29 is 18.0 Å². The summed E-state index contributed by atoms with van der Waals surface area (Å²) in [4.78, 5) is 27.8. The van der Waals surface area contributed by atoms with Gasteiger partial charge in [0.15, 0.2) is 0 Å². The van der Waals surface area contributed by atoms with Crippen LogP contribution in [-0.4, -0.2) is 50.0 Å². The molecule has 8 heteroatoms. The molecule has 0 bridgehead atoms. The van der Waals surface area contributed by atoms with E-state index in [9.17, 15) is 18.0 Å². The molecule has 0 fully saturated rings. The van der Waals surface area contributed by atoms with Crippen LogP contribution in [0.3, 0.4) is 0 Å². The summed E-state index contributed by atoms with van der Waals surface area (Å²) in [5.41, 5.74) is 3.63. The van der Waals surface area contributed by atoms with E-state index in [4.69, 9.17) is 0 Å². The van der Waals surface area contributed by atoms with Gasteiger partial charge in [-0.25, -0.2) is 8.42 Å². The highest BCUT2D eigenvalue weighted by Crippen LogP contribution is 2.20. The van der Waals surface area contributed by atoms with Gasteiger partial charge in [0.1, 0.15) is 6.04 Å². The van der Waals surface area contributed by atoms with Gasteiger partial charge in [-0.1, -0.05) is 48.9 Å². The van der Waals surface area contributed by atoms with Crippen LogP contribution in [0.2, 0.25) is 0 Å². The van der Waals surface area contributed by atoms with Crippen LogP contribution in [0, 0.1) is 13.8 Å². The molecule has 0 spiro atoms. The number of aryl methyl sites for hydroxylation is 2. The van der Waals surface area contributed by atoms with E-state index in [0.29, 0.717) is 18.7 Å². The maximum Gasteiger partial charge on any atom is 0.242 e. The summed E-state index contributed by atoms with van der Waals surface area (Å²) in [6, 6.07) is 14.4. The Morgan fingerprint density at radius 1 is 1.00 bits per heavy atom. The summed E-state index contributed by atoms with van der Waals surface area (Å²) < 4.78 is 26.1. The molecule has 0 radical (unpaired) electrons. The number of hydrogen-bond acceptors (Lipinski definition) is 4. The van der Waals surface area contributed by atoms with Crippen LogP contribution in [0.5, 0.6) is 0 Å². The van der Waals surface area contributed by atoms with Gasteiger partial charge in [-0.05, 0) is 63.8 Å². The maximum absolute atomic E-state index is 13.4. The molecule has 2 atom stereocenters. The van der Waals surface area contributed by atoms with E-state index in [1.165, 1.54) is 10.6 Å². The van der Waals surface area contributed by atoms with Gasteiger partial charge in [-0.3, -0.25) is 13.9 Å². The van der Waals surface area contributed by atoms with Crippen LogP contribution >= 0.6 is 0 Å². The van der Waals surface area contributed by atoms with E-state index in [0.717, 1.165) is 23.1 Å². The molecule has 1 N–H and O–H groups in total. The molecule has 0 heterocycles. The van der Waals surface area contributed by atoms with Crippen LogP contribution < -0.4 is 9.62 Å². The monoisotopic (exact) mass is 501 g/mol. The van der Waals surface area contributed by atoms with Crippen LogP contribution in [-0.2, 0) is 26.2 Å². The molecule has 0 saturated carbocycles. The summed E-state index contributed by atoms with van der Waals surface area (Å²) in [5.74, 6) is -0.379. The second-order valence-electron chi connectivity index (χ2n) is 9.22. The highest BCUT2D eigenvalue weighted by molar-refractivity contribution is 7.92. The second-order valence-corrected chi connectivity index (χ2v) is 11.1. The van der Waals surface area contributed by atoms with E-state index in [1.807, 2.05) is 64.1 Å². The smallest absolute Gasteiger partial charge is 0.242 e. The van der Waals surface area contributed by atoms with Crippen molar-refractivity contribution >= 4 is 27.5 Å². The zero-order chi connectivity index (χ0) is 26.2. The van der Waals surface area contributed by atoms with Crippen molar-refractivity contribution in [3.8, 4) is 0 Å². The van der Waals surface area contributed by atoms with Gasteiger partial charge < -0.3 is 10.2 Å². The van der Waals surface area contributed by atoms with Crippen LogP contribution in [0.4, 0.5) is 5.69 Å². The highest BCUT2D eigenvalue weighted by Gasteiger charge is 2.27. The lowest BCUT2D eigenvalue weighted by atomic mass is 10.1. The first kappa shape index (κ1) is 28.4. The van der Waals surface area contributed by atoms with Crippen LogP contribution in [0.1, 0.15) is 56.7 Å². The molecule has 35 heavy (non-hydrogen) atoms. The van der Waals surface area contributed by atoms with Crippen molar-refractivity contribution in [1.82, 2.24) is 10.2 Å². The van der Waals surface area contributed by atoms with Crippen LogP contribution in [0.15, 0.2) is 48.5 Å². The Bertz CT molecular complexity index is 1100. The molecule has 2 aromatic carbocycles. The number of sulfonamides is 1. The molecular weight excluding hydrogens is 462 g/mol. The minimum Gasteiger partial charge on any atom is -0.352 e. The number of rotatable bonds is 12. The minimum atomic E-state index is -3.51. The first-order valence-electron chi connectivity index (χ1n) is 12.1. The largest absolute Gasteiger partial charge is 0.352 e. The van der Waals surface area contributed by atoms with Crippen molar-refractivity contribution in [2.24, 2.45) is 0 Å². The minimum absolute atomic E-state index is 0.0122. The third-order valence-electron chi connectivity index (χ3n) is 6.24. The maximum atomic E-state index is 13.4. The highest BCUT2D eigenvalue weighted by atomic mass is 32.2. The van der Waals surface area contributed by atoms with E-state index >= 15 is 0 Å². The lowest BCUT2D eigenvalue weighted by Gasteiger charge is -2.30. The molecular formula is C27H39N3O4S. The molecule has 0 aliphatic heterocycles. The van der Waals surface area contributed by atoms with E-state index < -0.39 is 16.1 Å². The van der Waals surface area contributed by atoms with Gasteiger partial charge in [-0.15, -0.1) is 0 Å². The van der Waals surface area contributed by atoms with Gasteiger partial charge in [-0.2, -0.15) is 0 Å². The molecule has 0 aliphatic carbocycles. The second kappa shape index (κ2) is 12.7. The Balaban J connectivity index is 2.18. The van der Waals surface area contributed by atoms with Crippen molar-refractivity contribution in [3.05, 3.63) is 65.2 Å². The van der Waals surface area contributed by atoms with Crippen molar-refractivity contribution in [3.63, 3.8) is 0 Å². The molecule has 2 amide bonds. The Kier molecular flexibility index (Phi) is 10.3. The third-order valence-corrected chi connectivity index (χ3v) is 7.44. The number of nitrogens with zero attached hydrogens (tertiary/aromatic N) is 2. The topological polar surface area (TPSA) is 86.8 Å².